The number of carbonyl (C=O) groups is 2. The quantitative estimate of drug-likeness (QED) is 0.847. The van der Waals surface area contributed by atoms with Gasteiger partial charge < -0.3 is 19.5 Å². The fourth-order valence-electron chi connectivity index (χ4n) is 3.49. The fourth-order valence-corrected chi connectivity index (χ4v) is 3.49. The van der Waals surface area contributed by atoms with E-state index in [1.165, 1.54) is 0 Å². The topological polar surface area (TPSA) is 76.1 Å². The van der Waals surface area contributed by atoms with Gasteiger partial charge in [0.1, 0.15) is 0 Å². The van der Waals surface area contributed by atoms with Crippen LogP contribution in [0, 0.1) is 0 Å². The van der Waals surface area contributed by atoms with Crippen LogP contribution < -0.4 is 9.47 Å². The highest BCUT2D eigenvalue weighted by Gasteiger charge is 2.43. The summed E-state index contributed by atoms with van der Waals surface area (Å²) < 4.78 is 10.8. The molecule has 1 aliphatic rings. The minimum Gasteiger partial charge on any atom is -0.493 e. The number of hydrogen-bond acceptors (Lipinski definition) is 4. The summed E-state index contributed by atoms with van der Waals surface area (Å²) >= 11 is 0. The molecule has 1 amide bonds. The molecule has 2 aromatic rings. The molecule has 0 unspecified atom stereocenters. The monoisotopic (exact) mass is 369 g/mol. The Hall–Kier alpha value is -3.02. The van der Waals surface area contributed by atoms with E-state index in [0.717, 1.165) is 5.56 Å². The van der Waals surface area contributed by atoms with Crippen molar-refractivity contribution < 1.29 is 24.2 Å². The fraction of sp³-hybridized carbons (Fsp3) is 0.333. The Morgan fingerprint density at radius 2 is 1.59 bits per heavy atom. The summed E-state index contributed by atoms with van der Waals surface area (Å²) in [5.74, 6) is 0.0754. The maximum Gasteiger partial charge on any atom is 0.314 e. The van der Waals surface area contributed by atoms with Crippen LogP contribution in [-0.4, -0.2) is 48.7 Å². The van der Waals surface area contributed by atoms with E-state index in [4.69, 9.17) is 9.47 Å². The number of rotatable bonds is 6. The minimum absolute atomic E-state index is 0.105. The van der Waals surface area contributed by atoms with E-state index in [0.29, 0.717) is 37.4 Å². The third-order valence-electron chi connectivity index (χ3n) is 5.13. The van der Waals surface area contributed by atoms with Gasteiger partial charge in [-0.25, -0.2) is 0 Å². The standard InChI is InChI=1S/C21H23NO5/c1-26-17-9-5-6-10-18(17)27-15-19(23)22-13-11-21(12-14-22,20(24)25)16-7-3-2-4-8-16/h2-10H,11-15H2,1H3,(H,24,25). The van der Waals surface area contributed by atoms with Crippen molar-refractivity contribution >= 4 is 11.9 Å². The Balaban J connectivity index is 1.62. The summed E-state index contributed by atoms with van der Waals surface area (Å²) in [5, 5.41) is 9.83. The molecule has 27 heavy (non-hydrogen) atoms. The lowest BCUT2D eigenvalue weighted by atomic mass is 9.73. The van der Waals surface area contributed by atoms with E-state index >= 15 is 0 Å². The lowest BCUT2D eigenvalue weighted by molar-refractivity contribution is -0.148. The Bertz CT molecular complexity index is 797. The Morgan fingerprint density at radius 3 is 2.19 bits per heavy atom. The molecule has 6 heteroatoms. The van der Waals surface area contributed by atoms with E-state index in [1.54, 1.807) is 24.1 Å². The van der Waals surface area contributed by atoms with Crippen LogP contribution in [0.5, 0.6) is 11.5 Å². The van der Waals surface area contributed by atoms with Crippen molar-refractivity contribution in [2.45, 2.75) is 18.3 Å². The third kappa shape index (κ3) is 3.89. The van der Waals surface area contributed by atoms with Crippen molar-refractivity contribution in [2.75, 3.05) is 26.8 Å². The number of carbonyl (C=O) groups excluding carboxylic acids is 1. The number of carboxylic acids is 1. The average Bonchev–Trinajstić information content (AvgIpc) is 2.72. The van der Waals surface area contributed by atoms with Gasteiger partial charge in [0.25, 0.3) is 5.91 Å². The highest BCUT2D eigenvalue weighted by atomic mass is 16.5. The van der Waals surface area contributed by atoms with Gasteiger partial charge in [-0.15, -0.1) is 0 Å². The number of benzene rings is 2. The van der Waals surface area contributed by atoms with Crippen molar-refractivity contribution in [2.24, 2.45) is 0 Å². The predicted molar refractivity (Wildman–Crippen MR) is 100 cm³/mol. The van der Waals surface area contributed by atoms with Crippen LogP contribution in [0.4, 0.5) is 0 Å². The van der Waals surface area contributed by atoms with Crippen LogP contribution in [0.1, 0.15) is 18.4 Å². The molecule has 0 atom stereocenters. The van der Waals surface area contributed by atoms with Gasteiger partial charge in [-0.2, -0.15) is 0 Å². The van der Waals surface area contributed by atoms with Crippen molar-refractivity contribution in [1.82, 2.24) is 4.90 Å². The summed E-state index contributed by atoms with van der Waals surface area (Å²) in [5.41, 5.74) is -0.156. The van der Waals surface area contributed by atoms with Crippen LogP contribution in [0.15, 0.2) is 54.6 Å². The molecule has 1 N–H and O–H groups in total. The maximum absolute atomic E-state index is 12.5. The molecule has 142 valence electrons. The molecule has 0 aromatic heterocycles. The molecule has 0 bridgehead atoms. The van der Waals surface area contributed by atoms with Crippen LogP contribution >= 0.6 is 0 Å². The van der Waals surface area contributed by atoms with Gasteiger partial charge in [-0.1, -0.05) is 42.5 Å². The average molecular weight is 369 g/mol. The zero-order chi connectivity index (χ0) is 19.3. The van der Waals surface area contributed by atoms with Gasteiger partial charge in [-0.3, -0.25) is 9.59 Å². The zero-order valence-corrected chi connectivity index (χ0v) is 15.3. The summed E-state index contributed by atoms with van der Waals surface area (Å²) in [7, 11) is 1.55. The van der Waals surface area contributed by atoms with Crippen molar-refractivity contribution in [3.63, 3.8) is 0 Å². The first kappa shape index (κ1) is 18.8. The number of nitrogens with zero attached hydrogens (tertiary/aromatic N) is 1. The summed E-state index contributed by atoms with van der Waals surface area (Å²) in [6, 6.07) is 16.4. The Morgan fingerprint density at radius 1 is 1.00 bits per heavy atom. The van der Waals surface area contributed by atoms with E-state index < -0.39 is 11.4 Å². The summed E-state index contributed by atoms with van der Waals surface area (Å²) in [6.07, 6.45) is 0.763. The number of hydrogen-bond donors (Lipinski definition) is 1. The number of para-hydroxylation sites is 2. The van der Waals surface area contributed by atoms with Gasteiger partial charge in [0.05, 0.1) is 12.5 Å². The highest BCUT2D eigenvalue weighted by Crippen LogP contribution is 2.36. The summed E-state index contributed by atoms with van der Waals surface area (Å²) in [4.78, 5) is 26.2. The minimum atomic E-state index is -0.943. The molecule has 1 aliphatic heterocycles. The summed E-state index contributed by atoms with van der Waals surface area (Å²) in [6.45, 7) is 0.663. The second-order valence-electron chi connectivity index (χ2n) is 6.57. The van der Waals surface area contributed by atoms with Crippen LogP contribution in [0.25, 0.3) is 0 Å². The Labute approximate surface area is 158 Å². The van der Waals surface area contributed by atoms with E-state index in [9.17, 15) is 14.7 Å². The number of ether oxygens (including phenoxy) is 2. The second-order valence-corrected chi connectivity index (χ2v) is 6.57. The van der Waals surface area contributed by atoms with E-state index in [1.807, 2.05) is 42.5 Å². The number of amides is 1. The third-order valence-corrected chi connectivity index (χ3v) is 5.13. The van der Waals surface area contributed by atoms with Crippen LogP contribution in [-0.2, 0) is 15.0 Å². The molecule has 0 spiro atoms. The zero-order valence-electron chi connectivity index (χ0n) is 15.3. The predicted octanol–water partition coefficient (Wildman–Crippen LogP) is 2.72. The molecule has 6 nitrogen and oxygen atoms in total. The molecule has 1 fully saturated rings. The van der Waals surface area contributed by atoms with Crippen LogP contribution in [0.2, 0.25) is 0 Å². The van der Waals surface area contributed by atoms with Crippen molar-refractivity contribution in [3.8, 4) is 11.5 Å². The second kappa shape index (κ2) is 8.12. The molecule has 2 aromatic carbocycles. The molecule has 1 saturated heterocycles. The van der Waals surface area contributed by atoms with Gasteiger partial charge in [0.15, 0.2) is 18.1 Å². The van der Waals surface area contributed by atoms with Crippen molar-refractivity contribution in [3.05, 3.63) is 60.2 Å². The lowest BCUT2D eigenvalue weighted by Gasteiger charge is -2.39. The first-order valence-electron chi connectivity index (χ1n) is 8.89. The molecule has 0 aliphatic carbocycles. The first-order chi connectivity index (χ1) is 13.1. The lowest BCUT2D eigenvalue weighted by Crippen LogP contribution is -2.50. The molecule has 3 rings (SSSR count). The van der Waals surface area contributed by atoms with Gasteiger partial charge in [0, 0.05) is 13.1 Å². The van der Waals surface area contributed by atoms with Gasteiger partial charge in [0.2, 0.25) is 0 Å². The molecular formula is C21H23NO5. The van der Waals surface area contributed by atoms with Gasteiger partial charge in [-0.05, 0) is 30.5 Å². The van der Waals surface area contributed by atoms with Gasteiger partial charge >= 0.3 is 5.97 Å². The maximum atomic E-state index is 12.5. The highest BCUT2D eigenvalue weighted by molar-refractivity contribution is 5.83. The van der Waals surface area contributed by atoms with E-state index in [2.05, 4.69) is 0 Å². The number of aliphatic carboxylic acids is 1. The van der Waals surface area contributed by atoms with Crippen molar-refractivity contribution in [1.29, 1.82) is 0 Å². The first-order valence-corrected chi connectivity index (χ1v) is 8.89. The SMILES string of the molecule is COc1ccccc1OCC(=O)N1CCC(C(=O)O)(c2ccccc2)CC1. The molecular weight excluding hydrogens is 346 g/mol. The molecule has 0 saturated carbocycles. The van der Waals surface area contributed by atoms with E-state index in [-0.39, 0.29) is 12.5 Å². The molecule has 0 radical (unpaired) electrons. The smallest absolute Gasteiger partial charge is 0.314 e. The van der Waals surface area contributed by atoms with Crippen LogP contribution in [0.3, 0.4) is 0 Å². The number of likely N-dealkylation sites (tertiary alicyclic amines) is 1. The number of carboxylic acid groups (broad SMARTS) is 1. The normalized spacial score (nSPS) is 15.8. The molecule has 1 heterocycles. The number of methoxy groups -OCH3 is 1. The largest absolute Gasteiger partial charge is 0.493 e. The number of piperidine rings is 1. The Kier molecular flexibility index (Phi) is 5.64.